The third kappa shape index (κ3) is 4.04. The smallest absolute Gasteiger partial charge is 0.0497 e. The van der Waals surface area contributed by atoms with Gasteiger partial charge in [-0.15, -0.1) is 0 Å². The molecule has 0 heterocycles. The van der Waals surface area contributed by atoms with Gasteiger partial charge in [0.05, 0.1) is 0 Å². The molecule has 0 atom stereocenters. The quantitative estimate of drug-likeness (QED) is 0.315. The van der Waals surface area contributed by atoms with Crippen LogP contribution in [-0.2, 0) is 0 Å². The summed E-state index contributed by atoms with van der Waals surface area (Å²) in [6.45, 7) is 0. The van der Waals surface area contributed by atoms with E-state index in [0.717, 1.165) is 44.5 Å². The SMILES string of the molecule is C(#Cc1ccccc1)C1=C(C#Cc2ccccc2)C(c2ccccc2)=C1c1ccccc1. The summed E-state index contributed by atoms with van der Waals surface area (Å²) in [5, 5.41) is 0. The normalized spacial score (nSPS) is 12.2. The molecule has 1 aliphatic rings. The van der Waals surface area contributed by atoms with Gasteiger partial charge in [-0.3, -0.25) is 0 Å². The average Bonchev–Trinajstić information content (AvgIpc) is 2.86. The first-order valence-electron chi connectivity index (χ1n) is 10.6. The molecule has 4 aromatic rings. The summed E-state index contributed by atoms with van der Waals surface area (Å²) in [5.74, 6) is 13.6. The Bertz CT molecular complexity index is 1300. The van der Waals surface area contributed by atoms with Crippen LogP contribution in [0.2, 0.25) is 0 Å². The van der Waals surface area contributed by atoms with Crippen LogP contribution in [0, 0.1) is 23.7 Å². The lowest BCUT2D eigenvalue weighted by atomic mass is 9.74. The monoisotopic (exact) mass is 404 g/mol. The zero-order chi connectivity index (χ0) is 21.6. The summed E-state index contributed by atoms with van der Waals surface area (Å²) >= 11 is 0. The molecule has 0 saturated carbocycles. The minimum atomic E-state index is 0.996. The highest BCUT2D eigenvalue weighted by atomic mass is 14.3. The largest absolute Gasteiger partial charge is 0.0622 e. The van der Waals surface area contributed by atoms with Crippen molar-refractivity contribution in [1.82, 2.24) is 0 Å². The third-order valence-electron chi connectivity index (χ3n) is 5.34. The van der Waals surface area contributed by atoms with E-state index in [1.807, 2.05) is 72.8 Å². The molecule has 0 heteroatoms. The molecule has 0 nitrogen and oxygen atoms in total. The predicted octanol–water partition coefficient (Wildman–Crippen LogP) is 7.01. The number of allylic oxidation sites excluding steroid dienone is 4. The molecule has 0 radical (unpaired) electrons. The van der Waals surface area contributed by atoms with Crippen LogP contribution in [0.4, 0.5) is 0 Å². The molecule has 0 fully saturated rings. The molecular formula is C32H20. The van der Waals surface area contributed by atoms with E-state index in [-0.39, 0.29) is 0 Å². The highest BCUT2D eigenvalue weighted by molar-refractivity contribution is 6.17. The van der Waals surface area contributed by atoms with E-state index >= 15 is 0 Å². The van der Waals surface area contributed by atoms with Crippen molar-refractivity contribution in [2.75, 3.05) is 0 Å². The number of hydrogen-bond acceptors (Lipinski definition) is 0. The Morgan fingerprint density at radius 2 is 0.625 bits per heavy atom. The molecule has 0 N–H and O–H groups in total. The van der Waals surface area contributed by atoms with Crippen LogP contribution in [0.1, 0.15) is 22.3 Å². The minimum absolute atomic E-state index is 0.996. The summed E-state index contributed by atoms with van der Waals surface area (Å²) < 4.78 is 0. The van der Waals surface area contributed by atoms with Crippen LogP contribution in [0.5, 0.6) is 0 Å². The lowest BCUT2D eigenvalue weighted by Crippen LogP contribution is -2.09. The molecule has 0 aromatic heterocycles. The Kier molecular flexibility index (Phi) is 5.53. The van der Waals surface area contributed by atoms with Gasteiger partial charge in [0.15, 0.2) is 0 Å². The van der Waals surface area contributed by atoms with Crippen LogP contribution in [0.25, 0.3) is 11.1 Å². The molecule has 0 bridgehead atoms. The van der Waals surface area contributed by atoms with E-state index in [1.54, 1.807) is 0 Å². The summed E-state index contributed by atoms with van der Waals surface area (Å²) in [7, 11) is 0. The van der Waals surface area contributed by atoms with Gasteiger partial charge in [-0.05, 0) is 35.4 Å². The van der Waals surface area contributed by atoms with Gasteiger partial charge in [0.25, 0.3) is 0 Å². The van der Waals surface area contributed by atoms with Crippen LogP contribution < -0.4 is 0 Å². The fraction of sp³-hybridized carbons (Fsp3) is 0. The molecule has 0 amide bonds. The fourth-order valence-corrected chi connectivity index (χ4v) is 3.79. The van der Waals surface area contributed by atoms with Crippen molar-refractivity contribution in [1.29, 1.82) is 0 Å². The van der Waals surface area contributed by atoms with E-state index in [1.165, 1.54) is 0 Å². The van der Waals surface area contributed by atoms with E-state index < -0.39 is 0 Å². The highest BCUT2D eigenvalue weighted by Crippen LogP contribution is 2.47. The first kappa shape index (κ1) is 19.4. The van der Waals surface area contributed by atoms with Crippen LogP contribution in [0.15, 0.2) is 132 Å². The Morgan fingerprint density at radius 3 is 0.969 bits per heavy atom. The van der Waals surface area contributed by atoms with Crippen molar-refractivity contribution in [2.24, 2.45) is 0 Å². The molecule has 32 heavy (non-hydrogen) atoms. The van der Waals surface area contributed by atoms with Gasteiger partial charge >= 0.3 is 0 Å². The van der Waals surface area contributed by atoms with Crippen molar-refractivity contribution < 1.29 is 0 Å². The zero-order valence-electron chi connectivity index (χ0n) is 17.5. The van der Waals surface area contributed by atoms with Crippen molar-refractivity contribution in [2.45, 2.75) is 0 Å². The van der Waals surface area contributed by atoms with Gasteiger partial charge in [0.2, 0.25) is 0 Å². The maximum absolute atomic E-state index is 3.44. The van der Waals surface area contributed by atoms with Gasteiger partial charge in [-0.2, -0.15) is 0 Å². The third-order valence-corrected chi connectivity index (χ3v) is 5.34. The average molecular weight is 405 g/mol. The van der Waals surface area contributed by atoms with Gasteiger partial charge in [0.1, 0.15) is 0 Å². The molecular weight excluding hydrogens is 384 g/mol. The van der Waals surface area contributed by atoms with E-state index in [0.29, 0.717) is 0 Å². The highest BCUT2D eigenvalue weighted by Gasteiger charge is 2.29. The van der Waals surface area contributed by atoms with Gasteiger partial charge < -0.3 is 0 Å². The first-order valence-corrected chi connectivity index (χ1v) is 10.6. The number of hydrogen-bond donors (Lipinski definition) is 0. The summed E-state index contributed by atoms with van der Waals surface area (Å²) in [5.41, 5.74) is 8.65. The lowest BCUT2D eigenvalue weighted by Gasteiger charge is -2.26. The second-order valence-electron chi connectivity index (χ2n) is 7.46. The molecule has 1 aliphatic carbocycles. The Balaban J connectivity index is 1.68. The van der Waals surface area contributed by atoms with Crippen molar-refractivity contribution in [3.63, 3.8) is 0 Å². The van der Waals surface area contributed by atoms with E-state index in [9.17, 15) is 0 Å². The van der Waals surface area contributed by atoms with Crippen molar-refractivity contribution >= 4 is 11.1 Å². The van der Waals surface area contributed by atoms with Crippen LogP contribution in [0.3, 0.4) is 0 Å². The molecule has 0 aliphatic heterocycles. The number of benzene rings is 4. The van der Waals surface area contributed by atoms with E-state index in [2.05, 4.69) is 72.2 Å². The molecule has 0 unspecified atom stereocenters. The van der Waals surface area contributed by atoms with E-state index in [4.69, 9.17) is 0 Å². The Hall–Kier alpha value is -4.52. The fourth-order valence-electron chi connectivity index (χ4n) is 3.79. The Labute approximate surface area is 189 Å². The van der Waals surface area contributed by atoms with Crippen LogP contribution >= 0.6 is 0 Å². The Morgan fingerprint density at radius 1 is 0.312 bits per heavy atom. The molecule has 4 aromatic carbocycles. The van der Waals surface area contributed by atoms with Gasteiger partial charge in [0, 0.05) is 33.4 Å². The molecule has 0 saturated heterocycles. The molecule has 0 spiro atoms. The summed E-state index contributed by atoms with van der Waals surface area (Å²) in [6, 6.07) is 41.1. The van der Waals surface area contributed by atoms with Crippen molar-refractivity contribution in [3.8, 4) is 23.7 Å². The minimum Gasteiger partial charge on any atom is -0.0622 e. The second kappa shape index (κ2) is 9.09. The maximum atomic E-state index is 3.44. The molecule has 148 valence electrons. The maximum Gasteiger partial charge on any atom is 0.0497 e. The molecule has 5 rings (SSSR count). The summed E-state index contributed by atoms with van der Waals surface area (Å²) in [6.07, 6.45) is 0. The van der Waals surface area contributed by atoms with Gasteiger partial charge in [-0.25, -0.2) is 0 Å². The zero-order valence-corrected chi connectivity index (χ0v) is 17.5. The lowest BCUT2D eigenvalue weighted by molar-refractivity contribution is 1.47. The topological polar surface area (TPSA) is 0 Å². The summed E-state index contributed by atoms with van der Waals surface area (Å²) in [4.78, 5) is 0. The van der Waals surface area contributed by atoms with Crippen LogP contribution in [-0.4, -0.2) is 0 Å². The predicted molar refractivity (Wildman–Crippen MR) is 133 cm³/mol. The standard InChI is InChI=1S/C32H20/c1-5-13-25(14-6-1)21-23-29-30(24-22-26-15-7-2-8-16-26)32(28-19-11-4-12-20-28)31(29)27-17-9-3-10-18-27/h1-20H. The second-order valence-corrected chi connectivity index (χ2v) is 7.46. The van der Waals surface area contributed by atoms with Crippen molar-refractivity contribution in [3.05, 3.63) is 155 Å². The number of rotatable bonds is 2. The first-order chi connectivity index (χ1) is 15.9. The van der Waals surface area contributed by atoms with Gasteiger partial charge in [-0.1, -0.05) is 121 Å².